The van der Waals surface area contributed by atoms with E-state index in [0.717, 1.165) is 6.61 Å². The molecule has 0 aromatic heterocycles. The van der Waals surface area contributed by atoms with Gasteiger partial charge in [-0.1, -0.05) is 40.0 Å². The average Bonchev–Trinajstić information content (AvgIpc) is 3.15. The van der Waals surface area contributed by atoms with Gasteiger partial charge >= 0.3 is 0 Å². The van der Waals surface area contributed by atoms with Crippen LogP contribution in [0.25, 0.3) is 0 Å². The van der Waals surface area contributed by atoms with Crippen molar-refractivity contribution in [3.63, 3.8) is 0 Å². The molecule has 2 heteroatoms. The summed E-state index contributed by atoms with van der Waals surface area (Å²) in [7, 11) is 0. The Kier molecular flexibility index (Phi) is 7.14. The largest absolute Gasteiger partial charge is 0.367 e. The predicted octanol–water partition coefficient (Wildman–Crippen LogP) is 3.60. The molecule has 0 amide bonds. The van der Waals surface area contributed by atoms with Crippen LogP contribution in [0, 0.1) is 0 Å². The molecule has 0 saturated carbocycles. The Morgan fingerprint density at radius 3 is 1.59 bits per heavy atom. The van der Waals surface area contributed by atoms with E-state index in [1.165, 1.54) is 69.2 Å². The molecule has 2 nitrogen and oxygen atoms in total. The highest BCUT2D eigenvalue weighted by Crippen LogP contribution is 2.21. The van der Waals surface area contributed by atoms with Crippen LogP contribution in [0.15, 0.2) is 0 Å². The quantitative estimate of drug-likeness (QED) is 0.398. The lowest BCUT2D eigenvalue weighted by Crippen LogP contribution is -2.52. The van der Waals surface area contributed by atoms with Crippen LogP contribution in [0.3, 0.4) is 0 Å². The minimum Gasteiger partial charge on any atom is -0.367 e. The predicted molar refractivity (Wildman–Crippen MR) is 74.2 cm³/mol. The minimum atomic E-state index is 0.584. The van der Waals surface area contributed by atoms with Crippen molar-refractivity contribution in [2.24, 2.45) is 0 Å². The van der Waals surface area contributed by atoms with Crippen LogP contribution in [0.4, 0.5) is 0 Å². The van der Waals surface area contributed by atoms with E-state index in [4.69, 9.17) is 4.74 Å². The fourth-order valence-electron chi connectivity index (χ4n) is 2.70. The van der Waals surface area contributed by atoms with E-state index in [2.05, 4.69) is 20.8 Å². The third-order valence-electron chi connectivity index (χ3n) is 3.95. The van der Waals surface area contributed by atoms with Gasteiger partial charge in [-0.2, -0.15) is 0 Å². The Bertz CT molecular complexity index is 168. The Morgan fingerprint density at radius 2 is 1.29 bits per heavy atom. The van der Waals surface area contributed by atoms with E-state index < -0.39 is 0 Å². The van der Waals surface area contributed by atoms with Crippen molar-refractivity contribution in [3.8, 4) is 0 Å². The molecule has 1 fully saturated rings. The maximum absolute atomic E-state index is 5.49. The topological polar surface area (TPSA) is 12.5 Å². The van der Waals surface area contributed by atoms with Crippen molar-refractivity contribution < 1.29 is 9.22 Å². The van der Waals surface area contributed by atoms with Gasteiger partial charge in [-0.25, -0.2) is 0 Å². The van der Waals surface area contributed by atoms with Gasteiger partial charge in [-0.15, -0.1) is 0 Å². The third-order valence-corrected chi connectivity index (χ3v) is 3.95. The number of rotatable bonds is 11. The molecule has 0 radical (unpaired) electrons. The molecule has 0 aromatic rings. The van der Waals surface area contributed by atoms with Crippen LogP contribution in [0.1, 0.15) is 59.3 Å². The number of hydrogen-bond donors (Lipinski definition) is 0. The second kappa shape index (κ2) is 8.10. The van der Waals surface area contributed by atoms with E-state index in [1.807, 2.05) is 0 Å². The Morgan fingerprint density at radius 1 is 0.882 bits per heavy atom. The summed E-state index contributed by atoms with van der Waals surface area (Å²) < 4.78 is 6.82. The van der Waals surface area contributed by atoms with Gasteiger partial charge in [0.1, 0.15) is 12.6 Å². The molecule has 1 saturated heterocycles. The Balaban J connectivity index is 2.51. The zero-order chi connectivity index (χ0) is 12.6. The fourth-order valence-corrected chi connectivity index (χ4v) is 2.70. The van der Waals surface area contributed by atoms with E-state index in [0.29, 0.717) is 6.10 Å². The molecule has 0 aromatic carbocycles. The third kappa shape index (κ3) is 5.87. The molecule has 0 aliphatic carbocycles. The molecular weight excluding hydrogens is 210 g/mol. The number of nitrogens with zero attached hydrogens (tertiary/aromatic N) is 1. The summed E-state index contributed by atoms with van der Waals surface area (Å²) in [6.45, 7) is 13.3. The summed E-state index contributed by atoms with van der Waals surface area (Å²) in [5.41, 5.74) is 0. The molecule has 0 N–H and O–H groups in total. The van der Waals surface area contributed by atoms with Gasteiger partial charge in [0.25, 0.3) is 0 Å². The van der Waals surface area contributed by atoms with Crippen LogP contribution < -0.4 is 0 Å². The molecule has 1 aliphatic rings. The van der Waals surface area contributed by atoms with E-state index in [9.17, 15) is 0 Å². The van der Waals surface area contributed by atoms with Crippen molar-refractivity contribution in [1.82, 2.24) is 0 Å². The van der Waals surface area contributed by atoms with Gasteiger partial charge in [-0.3, -0.25) is 0 Å². The van der Waals surface area contributed by atoms with Gasteiger partial charge in [-0.05, 0) is 19.3 Å². The molecule has 0 bridgehead atoms. The molecule has 1 rings (SSSR count). The lowest BCUT2D eigenvalue weighted by Gasteiger charge is -2.39. The first-order valence-corrected chi connectivity index (χ1v) is 7.73. The average molecular weight is 242 g/mol. The second-order valence-corrected chi connectivity index (χ2v) is 5.71. The number of epoxide rings is 1. The summed E-state index contributed by atoms with van der Waals surface area (Å²) in [5.74, 6) is 0. The number of unbranched alkanes of at least 4 members (excludes halogenated alkanes) is 3. The number of hydrogen-bond acceptors (Lipinski definition) is 1. The first kappa shape index (κ1) is 15.0. The van der Waals surface area contributed by atoms with Gasteiger partial charge in [0.2, 0.25) is 0 Å². The lowest BCUT2D eigenvalue weighted by molar-refractivity contribution is -0.929. The van der Waals surface area contributed by atoms with Crippen molar-refractivity contribution in [2.45, 2.75) is 65.4 Å². The van der Waals surface area contributed by atoms with Gasteiger partial charge < -0.3 is 9.22 Å². The van der Waals surface area contributed by atoms with E-state index in [1.54, 1.807) is 0 Å². The van der Waals surface area contributed by atoms with Crippen molar-refractivity contribution >= 4 is 0 Å². The first-order valence-electron chi connectivity index (χ1n) is 7.73. The molecule has 1 aliphatic heterocycles. The SMILES string of the molecule is CCCC[N+](CCCC)(CCCC)CC1CO1. The van der Waals surface area contributed by atoms with E-state index >= 15 is 0 Å². The van der Waals surface area contributed by atoms with Gasteiger partial charge in [0.15, 0.2) is 0 Å². The maximum Gasteiger partial charge on any atom is 0.130 e. The minimum absolute atomic E-state index is 0.584. The maximum atomic E-state index is 5.49. The first-order chi connectivity index (χ1) is 8.26. The summed E-state index contributed by atoms with van der Waals surface area (Å²) in [5, 5.41) is 0. The van der Waals surface area contributed by atoms with Crippen molar-refractivity contribution in [1.29, 1.82) is 0 Å². The molecule has 1 unspecified atom stereocenters. The number of ether oxygens (including phenoxy) is 1. The van der Waals surface area contributed by atoms with Crippen LogP contribution in [-0.2, 0) is 4.74 Å². The highest BCUT2D eigenvalue weighted by Gasteiger charge is 2.35. The molecular formula is C15H32NO+. The monoisotopic (exact) mass is 242 g/mol. The zero-order valence-corrected chi connectivity index (χ0v) is 12.2. The van der Waals surface area contributed by atoms with Crippen LogP contribution in [-0.4, -0.2) is 43.4 Å². The fraction of sp³-hybridized carbons (Fsp3) is 1.00. The zero-order valence-electron chi connectivity index (χ0n) is 12.2. The number of quaternary nitrogens is 1. The Labute approximate surface area is 108 Å². The van der Waals surface area contributed by atoms with E-state index in [-0.39, 0.29) is 0 Å². The summed E-state index contributed by atoms with van der Waals surface area (Å²) in [6, 6.07) is 0. The van der Waals surface area contributed by atoms with Crippen molar-refractivity contribution in [3.05, 3.63) is 0 Å². The Hall–Kier alpha value is -0.0800. The molecule has 17 heavy (non-hydrogen) atoms. The molecule has 102 valence electrons. The highest BCUT2D eigenvalue weighted by molar-refractivity contribution is 4.69. The highest BCUT2D eigenvalue weighted by atomic mass is 16.6. The second-order valence-electron chi connectivity index (χ2n) is 5.71. The van der Waals surface area contributed by atoms with Crippen molar-refractivity contribution in [2.75, 3.05) is 32.8 Å². The van der Waals surface area contributed by atoms with Crippen LogP contribution in [0.2, 0.25) is 0 Å². The van der Waals surface area contributed by atoms with Gasteiger partial charge in [0, 0.05) is 0 Å². The molecule has 0 spiro atoms. The van der Waals surface area contributed by atoms with Gasteiger partial charge in [0.05, 0.1) is 26.2 Å². The van der Waals surface area contributed by atoms with Crippen LogP contribution in [0.5, 0.6) is 0 Å². The summed E-state index contributed by atoms with van der Waals surface area (Å²) in [6.07, 6.45) is 8.68. The molecule has 1 heterocycles. The smallest absolute Gasteiger partial charge is 0.130 e. The summed E-state index contributed by atoms with van der Waals surface area (Å²) >= 11 is 0. The molecule has 1 atom stereocenters. The van der Waals surface area contributed by atoms with Crippen LogP contribution >= 0.6 is 0 Å². The normalized spacial score (nSPS) is 19.6. The lowest BCUT2D eigenvalue weighted by atomic mass is 10.1. The standard InChI is InChI=1S/C15H32NO/c1-4-7-10-16(11-8-5-2,12-9-6-3)13-15-14-17-15/h15H,4-14H2,1-3H3/q+1. The summed E-state index contributed by atoms with van der Waals surface area (Å²) in [4.78, 5) is 0.